The number of nitrogens with one attached hydrogen (secondary N) is 1. The number of hydrogen-bond acceptors (Lipinski definition) is 4. The maximum atomic E-state index is 12.2. The number of aliphatic hydroxyl groups excluding tert-OH is 1. The summed E-state index contributed by atoms with van der Waals surface area (Å²) in [7, 11) is 0. The molecule has 7 heteroatoms. The molecule has 1 atom stereocenters. The lowest BCUT2D eigenvalue weighted by molar-refractivity contribution is -0.141. The third kappa shape index (κ3) is 4.56. The minimum atomic E-state index is -4.46. The first-order chi connectivity index (χ1) is 7.93. The van der Waals surface area contributed by atoms with Crippen molar-refractivity contribution in [2.24, 2.45) is 5.92 Å². The minimum Gasteiger partial charge on any atom is -0.396 e. The first kappa shape index (κ1) is 13.7. The van der Waals surface area contributed by atoms with Crippen LogP contribution in [-0.2, 0) is 6.18 Å². The van der Waals surface area contributed by atoms with Crippen LogP contribution in [-0.4, -0.2) is 28.5 Å². The third-order valence-electron chi connectivity index (χ3n) is 2.21. The molecule has 17 heavy (non-hydrogen) atoms. The van der Waals surface area contributed by atoms with E-state index in [0.29, 0.717) is 18.8 Å². The molecule has 0 fully saturated rings. The summed E-state index contributed by atoms with van der Waals surface area (Å²) in [6.45, 7) is 2.53. The zero-order valence-corrected chi connectivity index (χ0v) is 9.33. The molecule has 0 amide bonds. The fourth-order valence-corrected chi connectivity index (χ4v) is 1.18. The van der Waals surface area contributed by atoms with Gasteiger partial charge in [-0.2, -0.15) is 13.2 Å². The predicted octanol–water partition coefficient (Wildman–Crippen LogP) is 1.93. The van der Waals surface area contributed by atoms with Gasteiger partial charge in [-0.3, -0.25) is 0 Å². The van der Waals surface area contributed by atoms with E-state index in [9.17, 15) is 13.2 Å². The van der Waals surface area contributed by atoms with E-state index in [2.05, 4.69) is 15.5 Å². The molecule has 1 heterocycles. The van der Waals surface area contributed by atoms with Crippen LogP contribution in [0, 0.1) is 5.92 Å². The van der Waals surface area contributed by atoms with Crippen molar-refractivity contribution in [3.05, 3.63) is 17.8 Å². The molecule has 0 aliphatic rings. The number of aliphatic hydroxyl groups is 1. The lowest BCUT2D eigenvalue weighted by Crippen LogP contribution is -2.15. The van der Waals surface area contributed by atoms with E-state index < -0.39 is 11.9 Å². The SMILES string of the molecule is CC(CCO)CNc1ccc(C(F)(F)F)nn1. The van der Waals surface area contributed by atoms with Gasteiger partial charge >= 0.3 is 6.18 Å². The minimum absolute atomic E-state index is 0.0849. The standard InChI is InChI=1S/C10H14F3N3O/c1-7(4-5-17)6-14-9-3-2-8(15-16-9)10(11,12)13/h2-3,7,17H,4-6H2,1H3,(H,14,16). The maximum Gasteiger partial charge on any atom is 0.435 e. The van der Waals surface area contributed by atoms with Gasteiger partial charge in [0.1, 0.15) is 5.82 Å². The molecule has 1 aromatic rings. The van der Waals surface area contributed by atoms with Crippen molar-refractivity contribution in [2.45, 2.75) is 19.5 Å². The summed E-state index contributed by atoms with van der Waals surface area (Å²) in [5, 5.41) is 18.1. The van der Waals surface area contributed by atoms with Crippen LogP contribution in [0.15, 0.2) is 12.1 Å². The molecule has 0 radical (unpaired) electrons. The second kappa shape index (κ2) is 5.81. The largest absolute Gasteiger partial charge is 0.435 e. The predicted molar refractivity (Wildman–Crippen MR) is 56.4 cm³/mol. The summed E-state index contributed by atoms with van der Waals surface area (Å²) in [6.07, 6.45) is -3.84. The van der Waals surface area contributed by atoms with Crippen LogP contribution >= 0.6 is 0 Å². The Kier molecular flexibility index (Phi) is 4.68. The molecule has 2 N–H and O–H groups in total. The van der Waals surface area contributed by atoms with Crippen LogP contribution in [0.4, 0.5) is 19.0 Å². The summed E-state index contributed by atoms with van der Waals surface area (Å²) in [4.78, 5) is 0. The maximum absolute atomic E-state index is 12.2. The molecular formula is C10H14F3N3O. The molecule has 1 rings (SSSR count). The molecular weight excluding hydrogens is 235 g/mol. The normalized spacial score (nSPS) is 13.5. The van der Waals surface area contributed by atoms with Gasteiger partial charge in [0.15, 0.2) is 5.69 Å². The van der Waals surface area contributed by atoms with E-state index in [4.69, 9.17) is 5.11 Å². The van der Waals surface area contributed by atoms with E-state index in [-0.39, 0.29) is 12.5 Å². The van der Waals surface area contributed by atoms with E-state index in [1.807, 2.05) is 6.92 Å². The number of halogens is 3. The van der Waals surface area contributed by atoms with Crippen molar-refractivity contribution in [2.75, 3.05) is 18.5 Å². The monoisotopic (exact) mass is 249 g/mol. The number of nitrogens with zero attached hydrogens (tertiary/aromatic N) is 2. The molecule has 0 aliphatic carbocycles. The van der Waals surface area contributed by atoms with Gasteiger partial charge in [-0.25, -0.2) is 0 Å². The number of anilines is 1. The Morgan fingerprint density at radius 3 is 2.53 bits per heavy atom. The highest BCUT2D eigenvalue weighted by molar-refractivity contribution is 5.33. The second-order valence-electron chi connectivity index (χ2n) is 3.80. The number of hydrogen-bond donors (Lipinski definition) is 2. The van der Waals surface area contributed by atoms with Gasteiger partial charge in [0.05, 0.1) is 0 Å². The molecule has 1 aromatic heterocycles. The molecule has 0 spiro atoms. The summed E-state index contributed by atoms with van der Waals surface area (Å²) < 4.78 is 36.6. The molecule has 0 saturated carbocycles. The summed E-state index contributed by atoms with van der Waals surface area (Å²) in [6, 6.07) is 2.12. The Hall–Kier alpha value is -1.37. The molecule has 0 aliphatic heterocycles. The number of rotatable bonds is 5. The van der Waals surface area contributed by atoms with Gasteiger partial charge in [0.25, 0.3) is 0 Å². The topological polar surface area (TPSA) is 58.0 Å². The smallest absolute Gasteiger partial charge is 0.396 e. The molecule has 4 nitrogen and oxygen atoms in total. The molecule has 0 saturated heterocycles. The number of aromatic nitrogens is 2. The highest BCUT2D eigenvalue weighted by Crippen LogP contribution is 2.27. The third-order valence-corrected chi connectivity index (χ3v) is 2.21. The van der Waals surface area contributed by atoms with Crippen LogP contribution in [0.2, 0.25) is 0 Å². The van der Waals surface area contributed by atoms with Crippen molar-refractivity contribution in [3.8, 4) is 0 Å². The van der Waals surface area contributed by atoms with Crippen LogP contribution in [0.3, 0.4) is 0 Å². The molecule has 96 valence electrons. The van der Waals surface area contributed by atoms with Crippen molar-refractivity contribution in [1.82, 2.24) is 10.2 Å². The van der Waals surface area contributed by atoms with Crippen molar-refractivity contribution in [3.63, 3.8) is 0 Å². The Labute approximate surface area is 96.9 Å². The highest BCUT2D eigenvalue weighted by Gasteiger charge is 2.32. The summed E-state index contributed by atoms with van der Waals surface area (Å²) >= 11 is 0. The van der Waals surface area contributed by atoms with Gasteiger partial charge in [0, 0.05) is 13.2 Å². The Morgan fingerprint density at radius 1 is 1.35 bits per heavy atom. The van der Waals surface area contributed by atoms with Gasteiger partial charge in [0.2, 0.25) is 0 Å². The molecule has 0 aromatic carbocycles. The zero-order chi connectivity index (χ0) is 12.9. The van der Waals surface area contributed by atoms with Crippen molar-refractivity contribution < 1.29 is 18.3 Å². The number of alkyl halides is 3. The van der Waals surface area contributed by atoms with E-state index in [0.717, 1.165) is 6.07 Å². The highest BCUT2D eigenvalue weighted by atomic mass is 19.4. The average molecular weight is 249 g/mol. The fourth-order valence-electron chi connectivity index (χ4n) is 1.18. The van der Waals surface area contributed by atoms with Gasteiger partial charge in [-0.15, -0.1) is 10.2 Å². The Bertz CT molecular complexity index is 340. The summed E-state index contributed by atoms with van der Waals surface area (Å²) in [5.74, 6) is 0.506. The lowest BCUT2D eigenvalue weighted by Gasteiger charge is -2.11. The van der Waals surface area contributed by atoms with E-state index in [1.165, 1.54) is 6.07 Å². The lowest BCUT2D eigenvalue weighted by atomic mass is 10.1. The van der Waals surface area contributed by atoms with Gasteiger partial charge < -0.3 is 10.4 Å². The Morgan fingerprint density at radius 2 is 2.06 bits per heavy atom. The quantitative estimate of drug-likeness (QED) is 0.837. The first-order valence-corrected chi connectivity index (χ1v) is 5.19. The first-order valence-electron chi connectivity index (χ1n) is 5.19. The Balaban J connectivity index is 2.51. The average Bonchev–Trinajstić information content (AvgIpc) is 2.26. The van der Waals surface area contributed by atoms with Crippen LogP contribution in [0.25, 0.3) is 0 Å². The molecule has 0 bridgehead atoms. The van der Waals surface area contributed by atoms with Crippen LogP contribution in [0.1, 0.15) is 19.0 Å². The molecule has 1 unspecified atom stereocenters. The fraction of sp³-hybridized carbons (Fsp3) is 0.600. The van der Waals surface area contributed by atoms with Gasteiger partial charge in [-0.1, -0.05) is 6.92 Å². The van der Waals surface area contributed by atoms with E-state index in [1.54, 1.807) is 0 Å². The zero-order valence-electron chi connectivity index (χ0n) is 9.33. The van der Waals surface area contributed by atoms with Crippen molar-refractivity contribution >= 4 is 5.82 Å². The van der Waals surface area contributed by atoms with E-state index >= 15 is 0 Å². The van der Waals surface area contributed by atoms with Crippen molar-refractivity contribution in [1.29, 1.82) is 0 Å². The summed E-state index contributed by atoms with van der Waals surface area (Å²) in [5.41, 5.74) is -1.01. The second-order valence-corrected chi connectivity index (χ2v) is 3.80. The van der Waals surface area contributed by atoms with Crippen LogP contribution in [0.5, 0.6) is 0 Å². The van der Waals surface area contributed by atoms with Gasteiger partial charge in [-0.05, 0) is 24.5 Å². The van der Waals surface area contributed by atoms with Crippen LogP contribution < -0.4 is 5.32 Å².